The summed E-state index contributed by atoms with van der Waals surface area (Å²) in [5.41, 5.74) is 5.42. The van der Waals surface area contributed by atoms with Crippen LogP contribution >= 0.6 is 0 Å². The maximum absolute atomic E-state index is 13.3. The monoisotopic (exact) mass is 231 g/mol. The first kappa shape index (κ1) is 14.9. The summed E-state index contributed by atoms with van der Waals surface area (Å²) in [4.78, 5) is 11.2. The first-order valence-corrected chi connectivity index (χ1v) is 5.89. The molecule has 0 rings (SSSR count). The number of allylic oxidation sites excluding steroid dienone is 1. The number of ether oxygens (including phenoxy) is 1. The second-order valence-electron chi connectivity index (χ2n) is 3.78. The molecule has 3 nitrogen and oxygen atoms in total. The fraction of sp³-hybridized carbons (Fsp3) is 0.750. The van der Waals surface area contributed by atoms with Crippen molar-refractivity contribution in [2.75, 3.05) is 6.61 Å². The van der Waals surface area contributed by atoms with Gasteiger partial charge in [-0.15, -0.1) is 0 Å². The third-order valence-electron chi connectivity index (χ3n) is 2.20. The summed E-state index contributed by atoms with van der Waals surface area (Å²) in [6.07, 6.45) is 3.62. The first-order valence-electron chi connectivity index (χ1n) is 5.89. The van der Waals surface area contributed by atoms with E-state index in [2.05, 4.69) is 0 Å². The molecular formula is C12H22FNO2. The van der Waals surface area contributed by atoms with E-state index < -0.39 is 12.1 Å². The molecule has 1 atom stereocenters. The molecule has 0 saturated heterocycles. The van der Waals surface area contributed by atoms with E-state index in [4.69, 9.17) is 10.5 Å². The van der Waals surface area contributed by atoms with Crippen molar-refractivity contribution < 1.29 is 13.9 Å². The molecule has 0 aliphatic heterocycles. The number of halogens is 1. The van der Waals surface area contributed by atoms with Crippen molar-refractivity contribution in [3.8, 4) is 0 Å². The third-order valence-corrected chi connectivity index (χ3v) is 2.20. The zero-order chi connectivity index (χ0) is 12.4. The molecule has 0 aromatic rings. The van der Waals surface area contributed by atoms with Crippen LogP contribution in [0.25, 0.3) is 0 Å². The van der Waals surface area contributed by atoms with Gasteiger partial charge in [0.25, 0.3) is 0 Å². The molecular weight excluding hydrogens is 209 g/mol. The predicted molar refractivity (Wildman–Crippen MR) is 62.6 cm³/mol. The van der Waals surface area contributed by atoms with Gasteiger partial charge in [-0.2, -0.15) is 0 Å². The molecule has 0 radical (unpaired) electrons. The van der Waals surface area contributed by atoms with Crippen LogP contribution in [0.4, 0.5) is 4.39 Å². The highest BCUT2D eigenvalue weighted by molar-refractivity contribution is 5.82. The van der Waals surface area contributed by atoms with E-state index in [-0.39, 0.29) is 5.70 Å². The smallest absolute Gasteiger partial charge is 0.332 e. The largest absolute Gasteiger partial charge is 0.462 e. The lowest BCUT2D eigenvalue weighted by atomic mass is 10.1. The molecule has 0 amide bonds. The third kappa shape index (κ3) is 7.26. The van der Waals surface area contributed by atoms with Crippen molar-refractivity contribution >= 4 is 5.97 Å². The maximum atomic E-state index is 13.3. The molecule has 0 heterocycles. The Balaban J connectivity index is 3.94. The zero-order valence-corrected chi connectivity index (χ0v) is 10.2. The van der Waals surface area contributed by atoms with Crippen LogP contribution in [0.15, 0.2) is 11.8 Å². The van der Waals surface area contributed by atoms with E-state index in [0.29, 0.717) is 13.0 Å². The van der Waals surface area contributed by atoms with Gasteiger partial charge in [0, 0.05) is 6.08 Å². The van der Waals surface area contributed by atoms with E-state index in [1.807, 2.05) is 13.8 Å². The average Bonchev–Trinajstić information content (AvgIpc) is 2.26. The van der Waals surface area contributed by atoms with Crippen molar-refractivity contribution in [1.82, 2.24) is 0 Å². The highest BCUT2D eigenvalue weighted by Gasteiger charge is 2.11. The SMILES string of the molecule is CCCCOC(=O)C=C(N)C(F)CCCC. The van der Waals surface area contributed by atoms with E-state index in [1.54, 1.807) is 0 Å². The van der Waals surface area contributed by atoms with Gasteiger partial charge in [-0.25, -0.2) is 9.18 Å². The van der Waals surface area contributed by atoms with Gasteiger partial charge in [-0.1, -0.05) is 33.1 Å². The van der Waals surface area contributed by atoms with E-state index in [1.165, 1.54) is 0 Å². The molecule has 0 fully saturated rings. The highest BCUT2D eigenvalue weighted by Crippen LogP contribution is 2.10. The van der Waals surface area contributed by atoms with Gasteiger partial charge in [0.2, 0.25) is 0 Å². The van der Waals surface area contributed by atoms with Gasteiger partial charge in [0.1, 0.15) is 6.17 Å². The second kappa shape index (κ2) is 9.19. The minimum atomic E-state index is -1.24. The van der Waals surface area contributed by atoms with Crippen LogP contribution in [0.5, 0.6) is 0 Å². The number of hydrogen-bond donors (Lipinski definition) is 1. The summed E-state index contributed by atoms with van der Waals surface area (Å²) >= 11 is 0. The van der Waals surface area contributed by atoms with Gasteiger partial charge < -0.3 is 10.5 Å². The summed E-state index contributed by atoms with van der Waals surface area (Å²) in [7, 11) is 0. The van der Waals surface area contributed by atoms with E-state index >= 15 is 0 Å². The van der Waals surface area contributed by atoms with Gasteiger partial charge in [-0.3, -0.25) is 0 Å². The molecule has 94 valence electrons. The predicted octanol–water partition coefficient (Wildman–Crippen LogP) is 2.70. The molecule has 0 aromatic carbocycles. The van der Waals surface area contributed by atoms with Crippen LogP contribution < -0.4 is 5.73 Å². The summed E-state index contributed by atoms with van der Waals surface area (Å²) in [6.45, 7) is 4.34. The zero-order valence-electron chi connectivity index (χ0n) is 10.2. The summed E-state index contributed by atoms with van der Waals surface area (Å²) in [5.74, 6) is -0.551. The second-order valence-corrected chi connectivity index (χ2v) is 3.78. The van der Waals surface area contributed by atoms with Gasteiger partial charge in [0.05, 0.1) is 12.3 Å². The Hall–Kier alpha value is -1.06. The number of rotatable bonds is 8. The van der Waals surface area contributed by atoms with E-state index in [9.17, 15) is 9.18 Å². The topological polar surface area (TPSA) is 52.3 Å². The number of esters is 1. The molecule has 16 heavy (non-hydrogen) atoms. The van der Waals surface area contributed by atoms with Crippen LogP contribution in [-0.2, 0) is 9.53 Å². The molecule has 0 bridgehead atoms. The van der Waals surface area contributed by atoms with Crippen LogP contribution in [0.2, 0.25) is 0 Å². The molecule has 4 heteroatoms. The number of unbranched alkanes of at least 4 members (excludes halogenated alkanes) is 2. The van der Waals surface area contributed by atoms with E-state index in [0.717, 1.165) is 31.8 Å². The highest BCUT2D eigenvalue weighted by atomic mass is 19.1. The quantitative estimate of drug-likeness (QED) is 0.397. The Kier molecular flexibility index (Phi) is 8.58. The van der Waals surface area contributed by atoms with Crippen molar-refractivity contribution in [1.29, 1.82) is 0 Å². The lowest BCUT2D eigenvalue weighted by Crippen LogP contribution is -2.16. The number of nitrogens with two attached hydrogens (primary N) is 1. The Morgan fingerprint density at radius 1 is 1.38 bits per heavy atom. The molecule has 0 saturated carbocycles. The Bertz CT molecular complexity index is 229. The van der Waals surface area contributed by atoms with Gasteiger partial charge >= 0.3 is 5.97 Å². The Morgan fingerprint density at radius 3 is 2.56 bits per heavy atom. The first-order chi connectivity index (χ1) is 7.61. The van der Waals surface area contributed by atoms with Crippen molar-refractivity contribution in [3.63, 3.8) is 0 Å². The van der Waals surface area contributed by atoms with Crippen LogP contribution in [0, 0.1) is 0 Å². The van der Waals surface area contributed by atoms with Crippen LogP contribution in [-0.4, -0.2) is 18.7 Å². The maximum Gasteiger partial charge on any atom is 0.332 e. The number of hydrogen-bond acceptors (Lipinski definition) is 3. The summed E-state index contributed by atoms with van der Waals surface area (Å²) < 4.78 is 18.2. The molecule has 0 aliphatic rings. The molecule has 0 aliphatic carbocycles. The van der Waals surface area contributed by atoms with Crippen LogP contribution in [0.3, 0.4) is 0 Å². The molecule has 0 aromatic heterocycles. The minimum absolute atomic E-state index is 0.0325. The normalized spacial score (nSPS) is 13.6. The summed E-state index contributed by atoms with van der Waals surface area (Å²) in [5, 5.41) is 0. The van der Waals surface area contributed by atoms with Gasteiger partial charge in [-0.05, 0) is 12.8 Å². The number of carbonyl (C=O) groups is 1. The average molecular weight is 231 g/mol. The van der Waals surface area contributed by atoms with Crippen LogP contribution in [0.1, 0.15) is 46.0 Å². The Labute approximate surface area is 96.8 Å². The lowest BCUT2D eigenvalue weighted by Gasteiger charge is -2.07. The van der Waals surface area contributed by atoms with Gasteiger partial charge in [0.15, 0.2) is 0 Å². The number of carbonyl (C=O) groups excluding carboxylic acids is 1. The molecule has 2 N–H and O–H groups in total. The van der Waals surface area contributed by atoms with Crippen molar-refractivity contribution in [2.45, 2.75) is 52.1 Å². The fourth-order valence-corrected chi connectivity index (χ4v) is 1.14. The minimum Gasteiger partial charge on any atom is -0.462 e. The fourth-order valence-electron chi connectivity index (χ4n) is 1.14. The molecule has 1 unspecified atom stereocenters. The lowest BCUT2D eigenvalue weighted by molar-refractivity contribution is -0.137. The Morgan fingerprint density at radius 2 is 2.00 bits per heavy atom. The summed E-state index contributed by atoms with van der Waals surface area (Å²) in [6, 6.07) is 0. The number of alkyl halides is 1. The van der Waals surface area contributed by atoms with Crippen molar-refractivity contribution in [2.24, 2.45) is 5.73 Å². The van der Waals surface area contributed by atoms with Crippen molar-refractivity contribution in [3.05, 3.63) is 11.8 Å². The molecule has 0 spiro atoms. The standard InChI is InChI=1S/C12H22FNO2/c1-3-5-7-10(13)11(14)9-12(15)16-8-6-4-2/h9-10H,3-8,14H2,1-2H3.